The third-order valence-corrected chi connectivity index (χ3v) is 13.1. The summed E-state index contributed by atoms with van der Waals surface area (Å²) in [6.45, 7) is 20.7. The average molecular weight is 1030 g/mol. The second-order valence-electron chi connectivity index (χ2n) is 17.6. The van der Waals surface area contributed by atoms with Crippen LogP contribution in [0.1, 0.15) is 130 Å². The van der Waals surface area contributed by atoms with E-state index < -0.39 is 13.9 Å². The molecule has 0 bridgehead atoms. The highest BCUT2D eigenvalue weighted by molar-refractivity contribution is 7.44. The van der Waals surface area contributed by atoms with Crippen LogP contribution in [-0.2, 0) is 61.4 Å². The number of ketones is 2. The summed E-state index contributed by atoms with van der Waals surface area (Å²) < 4.78 is 46.5. The van der Waals surface area contributed by atoms with Gasteiger partial charge in [0, 0.05) is 76.7 Å². The van der Waals surface area contributed by atoms with Gasteiger partial charge in [-0.1, -0.05) is 37.0 Å². The molecule has 0 fully saturated rings. The van der Waals surface area contributed by atoms with Crippen molar-refractivity contribution in [3.8, 4) is 37.0 Å². The molecule has 0 radical (unpaired) electrons. The Bertz CT molecular complexity index is 1500. The van der Waals surface area contributed by atoms with Crippen LogP contribution in [0.2, 0.25) is 0 Å². The molecule has 408 valence electrons. The predicted octanol–water partition coefficient (Wildman–Crippen LogP) is 6.00. The highest BCUT2D eigenvalue weighted by Gasteiger charge is 2.34. The fourth-order valence-electron chi connectivity index (χ4n) is 7.40. The Morgan fingerprint density at radius 2 is 0.903 bits per heavy atom. The molecule has 19 heteroatoms. The van der Waals surface area contributed by atoms with Gasteiger partial charge in [0.25, 0.3) is 8.53 Å². The first-order chi connectivity index (χ1) is 34.8. The molecule has 0 aliphatic rings. The van der Waals surface area contributed by atoms with E-state index in [4.69, 9.17) is 63.3 Å². The number of amides is 3. The van der Waals surface area contributed by atoms with Gasteiger partial charge in [0.05, 0.1) is 66.1 Å². The Balaban J connectivity index is 5.55. The Hall–Kier alpha value is -4.01. The monoisotopic (exact) mass is 1030 g/mol. The van der Waals surface area contributed by atoms with Crippen LogP contribution >= 0.6 is 8.53 Å². The molecule has 0 rings (SSSR count). The van der Waals surface area contributed by atoms with Gasteiger partial charge >= 0.3 is 0 Å². The van der Waals surface area contributed by atoms with E-state index in [1.165, 1.54) is 0 Å². The van der Waals surface area contributed by atoms with Gasteiger partial charge < -0.3 is 58.3 Å². The van der Waals surface area contributed by atoms with E-state index >= 15 is 0 Å². The molecular formula is C53H88N5O13P. The SMILES string of the molecule is [C-]#[N+]CCOP(OCCCCCCCC(=O)CCCC(=O)CC(CCC(=O)NCCOCCOCC#C)(CCC(=O)NCCOCCOCC#C)CCC(=O)NCCOCCOCC#C)N(C(C)C)C(C)C. The third kappa shape index (κ3) is 40.5. The second kappa shape index (κ2) is 48.0. The van der Waals surface area contributed by atoms with Crippen molar-refractivity contribution in [1.29, 1.82) is 0 Å². The van der Waals surface area contributed by atoms with Crippen molar-refractivity contribution >= 4 is 37.8 Å². The summed E-state index contributed by atoms with van der Waals surface area (Å²) in [5, 5.41) is 8.56. The van der Waals surface area contributed by atoms with Crippen LogP contribution in [0.3, 0.4) is 0 Å². The molecule has 0 saturated heterocycles. The van der Waals surface area contributed by atoms with Crippen molar-refractivity contribution in [3.63, 3.8) is 0 Å². The van der Waals surface area contributed by atoms with Crippen LogP contribution < -0.4 is 16.0 Å². The molecule has 0 aromatic rings. The zero-order chi connectivity index (χ0) is 53.3. The Labute approximate surface area is 433 Å². The molecule has 1 unspecified atom stereocenters. The van der Waals surface area contributed by atoms with Crippen LogP contribution in [0.5, 0.6) is 0 Å². The predicted molar refractivity (Wildman–Crippen MR) is 279 cm³/mol. The number of terminal acetylenes is 3. The molecule has 3 N–H and O–H groups in total. The Morgan fingerprint density at radius 1 is 0.514 bits per heavy atom. The van der Waals surface area contributed by atoms with Crippen LogP contribution in [0.15, 0.2) is 0 Å². The van der Waals surface area contributed by atoms with Crippen molar-refractivity contribution in [2.24, 2.45) is 5.41 Å². The molecule has 72 heavy (non-hydrogen) atoms. The quantitative estimate of drug-likeness (QED) is 0.0277. The molecule has 1 atom stereocenters. The molecule has 0 aliphatic carbocycles. The summed E-state index contributed by atoms with van der Waals surface area (Å²) in [6, 6.07) is 0.483. The maximum Gasteiger partial charge on any atom is 0.259 e. The maximum atomic E-state index is 13.8. The lowest BCUT2D eigenvalue weighted by molar-refractivity contribution is -0.127. The minimum absolute atomic E-state index is 0.0308. The molecule has 0 saturated carbocycles. The van der Waals surface area contributed by atoms with Crippen LogP contribution in [0.25, 0.3) is 4.85 Å². The first-order valence-corrected chi connectivity index (χ1v) is 26.7. The van der Waals surface area contributed by atoms with Crippen LogP contribution in [-0.4, -0.2) is 165 Å². The van der Waals surface area contributed by atoms with E-state index in [9.17, 15) is 24.0 Å². The Kier molecular flexibility index (Phi) is 45.3. The number of rotatable bonds is 51. The molecule has 18 nitrogen and oxygen atoms in total. The fraction of sp³-hybridized carbons (Fsp3) is 0.774. The second-order valence-corrected chi connectivity index (χ2v) is 19.1. The number of nitrogens with one attached hydrogen (secondary N) is 3. The van der Waals surface area contributed by atoms with Gasteiger partial charge in [0.15, 0.2) is 0 Å². The van der Waals surface area contributed by atoms with Gasteiger partial charge in [0.1, 0.15) is 38.0 Å². The largest absolute Gasteiger partial charge is 0.377 e. The van der Waals surface area contributed by atoms with Crippen molar-refractivity contribution in [2.75, 3.05) is 119 Å². The first kappa shape index (κ1) is 68.0. The van der Waals surface area contributed by atoms with E-state index in [0.29, 0.717) is 72.2 Å². The normalized spacial score (nSPS) is 11.7. The first-order valence-electron chi connectivity index (χ1n) is 25.6. The number of carbonyl (C=O) groups is 5. The number of ether oxygens (including phenoxy) is 6. The van der Waals surface area contributed by atoms with Crippen molar-refractivity contribution < 1.29 is 61.4 Å². The zero-order valence-electron chi connectivity index (χ0n) is 44.1. The number of hydrogen-bond acceptors (Lipinski definition) is 14. The number of Topliss-reactive ketones (excluding diaryl/α,β-unsaturated/α-hetero) is 2. The van der Waals surface area contributed by atoms with Gasteiger partial charge in [-0.3, -0.25) is 24.0 Å². The summed E-state index contributed by atoms with van der Waals surface area (Å²) in [5.41, 5.74) is -0.881. The van der Waals surface area contributed by atoms with Gasteiger partial charge in [-0.05, 0) is 71.6 Å². The van der Waals surface area contributed by atoms with E-state index in [-0.39, 0.29) is 158 Å². The lowest BCUT2D eigenvalue weighted by atomic mass is 9.71. The number of carbonyl (C=O) groups excluding carboxylic acids is 5. The van der Waals surface area contributed by atoms with Crippen LogP contribution in [0.4, 0.5) is 0 Å². The van der Waals surface area contributed by atoms with E-state index in [2.05, 4.69) is 70.9 Å². The topological polar surface area (TPSA) is 203 Å². The number of unbranched alkanes of at least 4 members (excludes halogenated alkanes) is 4. The summed E-state index contributed by atoms with van der Waals surface area (Å²) in [6.07, 6.45) is 22.2. The summed E-state index contributed by atoms with van der Waals surface area (Å²) in [7, 11) is -1.26. The zero-order valence-corrected chi connectivity index (χ0v) is 45.0. The van der Waals surface area contributed by atoms with Crippen LogP contribution in [0, 0.1) is 49.0 Å². The van der Waals surface area contributed by atoms with Gasteiger partial charge in [0.2, 0.25) is 24.3 Å². The minimum Gasteiger partial charge on any atom is -0.377 e. The summed E-state index contributed by atoms with van der Waals surface area (Å²) in [5.74, 6) is 6.38. The minimum atomic E-state index is -1.26. The number of hydrogen-bond donors (Lipinski definition) is 3. The molecule has 0 heterocycles. The molecule has 0 aliphatic heterocycles. The Morgan fingerprint density at radius 3 is 1.33 bits per heavy atom. The maximum absolute atomic E-state index is 13.8. The van der Waals surface area contributed by atoms with E-state index in [0.717, 1.165) is 32.1 Å². The molecule has 0 aromatic carbocycles. The van der Waals surface area contributed by atoms with Crippen molar-refractivity contribution in [1.82, 2.24) is 20.6 Å². The van der Waals surface area contributed by atoms with Crippen molar-refractivity contribution in [2.45, 2.75) is 143 Å². The van der Waals surface area contributed by atoms with Crippen molar-refractivity contribution in [3.05, 3.63) is 11.4 Å². The highest BCUT2D eigenvalue weighted by Crippen LogP contribution is 2.46. The molecule has 3 amide bonds. The standard InChI is InChI=1S/C53H88N5O13P/c1-9-31-64-39-42-67-35-28-55-50(61)21-24-53(25-22-51(62)56-29-36-68-43-40-65-32-10-2,26-23-52(63)57-30-37-69-44-41-66-33-11-3)45-49(60)20-17-19-48(59)18-15-13-12-14-16-34-70-72(71-38-27-54-8)58(46(4)5)47(6)7/h1-3,46-47H,12-45H2,4-7H3,(H,55,61)(H,56,62)(H,57,63). The average Bonchev–Trinajstić information content (AvgIpc) is 3.34. The summed E-state index contributed by atoms with van der Waals surface area (Å²) >= 11 is 0. The number of nitrogens with zero attached hydrogens (tertiary/aromatic N) is 2. The van der Waals surface area contributed by atoms with Gasteiger partial charge in [-0.2, -0.15) is 0 Å². The molecule has 0 spiro atoms. The third-order valence-electron chi connectivity index (χ3n) is 11.0. The highest BCUT2D eigenvalue weighted by atomic mass is 31.2. The van der Waals surface area contributed by atoms with Gasteiger partial charge in [-0.25, -0.2) is 11.2 Å². The smallest absolute Gasteiger partial charge is 0.259 e. The van der Waals surface area contributed by atoms with Gasteiger partial charge in [-0.15, -0.1) is 19.3 Å². The lowest BCUT2D eigenvalue weighted by Gasteiger charge is -2.35. The fourth-order valence-corrected chi connectivity index (χ4v) is 9.02. The molecule has 0 aromatic heterocycles. The van der Waals surface area contributed by atoms with E-state index in [1.54, 1.807) is 0 Å². The van der Waals surface area contributed by atoms with E-state index in [1.807, 2.05) is 0 Å². The molecular weight excluding hydrogens is 946 g/mol. The lowest BCUT2D eigenvalue weighted by Crippen LogP contribution is -2.35. The summed E-state index contributed by atoms with van der Waals surface area (Å²) in [4.78, 5) is 69.7.